The van der Waals surface area contributed by atoms with Gasteiger partial charge in [-0.3, -0.25) is 0 Å². The Bertz CT molecular complexity index is 307. The largest absolute Gasteiger partial charge is 0.452 e. The zero-order valence-electron chi connectivity index (χ0n) is 14.6. The van der Waals surface area contributed by atoms with Gasteiger partial charge in [0.05, 0.1) is 0 Å². The Morgan fingerprint density at radius 2 is 0.818 bits per heavy atom. The lowest BCUT2D eigenvalue weighted by atomic mass is 10.3. The van der Waals surface area contributed by atoms with Crippen molar-refractivity contribution in [3.8, 4) is 0 Å². The quantitative estimate of drug-likeness (QED) is 0.496. The van der Waals surface area contributed by atoms with Crippen LogP contribution in [-0.4, -0.2) is 54.1 Å². The molecule has 0 rings (SSSR count). The average molecular weight is 347 g/mol. The van der Waals surface area contributed by atoms with E-state index in [0.29, 0.717) is 0 Å². The summed E-state index contributed by atoms with van der Waals surface area (Å²) in [5.74, 6) is 0. The van der Waals surface area contributed by atoms with Gasteiger partial charge in [0, 0.05) is 0 Å². The fraction of sp³-hybridized carbons (Fsp3) is 1.00. The van der Waals surface area contributed by atoms with Crippen molar-refractivity contribution in [2.45, 2.75) is 91.3 Å². The predicted octanol–water partition coefficient (Wildman–Crippen LogP) is 4.45. The minimum atomic E-state index is -5.55. The van der Waals surface area contributed by atoms with Crippen LogP contribution in [-0.2, 0) is 0 Å². The minimum absolute atomic E-state index is 0.401. The lowest BCUT2D eigenvalue weighted by Crippen LogP contribution is -2.72. The fourth-order valence-corrected chi connectivity index (χ4v) is 5.88. The summed E-state index contributed by atoms with van der Waals surface area (Å²) in [6.45, 7) is 13.3. The zero-order valence-corrected chi connectivity index (χ0v) is 15.6. The molecule has 1 radical (unpaired) electrons. The Hall–Kier alpha value is -0.213. The SMILES string of the molecule is CC(C)N(C(C)C)[Si](N(C(C)C)C(C)C)C(F)(F)C(F)(F)F. The maximum absolute atomic E-state index is 14.4. The molecule has 0 aromatic heterocycles. The van der Waals surface area contributed by atoms with E-state index >= 15 is 0 Å². The van der Waals surface area contributed by atoms with Gasteiger partial charge in [-0.1, -0.05) is 55.4 Å². The molecule has 0 atom stereocenters. The van der Waals surface area contributed by atoms with Gasteiger partial charge in [0.2, 0.25) is 0 Å². The molecular weight excluding hydrogens is 319 g/mol. The summed E-state index contributed by atoms with van der Waals surface area (Å²) < 4.78 is 70.7. The molecule has 0 saturated heterocycles. The van der Waals surface area contributed by atoms with Gasteiger partial charge >= 0.3 is 20.8 Å². The molecule has 0 aliphatic carbocycles. The lowest BCUT2D eigenvalue weighted by molar-refractivity contribution is -0.251. The van der Waals surface area contributed by atoms with Crippen molar-refractivity contribution < 1.29 is 22.0 Å². The van der Waals surface area contributed by atoms with Crippen LogP contribution in [0.2, 0.25) is 0 Å². The molecule has 0 fully saturated rings. The fourth-order valence-electron chi connectivity index (χ4n) is 2.76. The second kappa shape index (κ2) is 7.57. The first-order valence-electron chi connectivity index (χ1n) is 7.54. The highest BCUT2D eigenvalue weighted by atomic mass is 28.3. The third kappa shape index (κ3) is 4.64. The van der Waals surface area contributed by atoms with Gasteiger partial charge in [0.25, 0.3) is 0 Å². The van der Waals surface area contributed by atoms with Gasteiger partial charge in [-0.25, -0.2) is 0 Å². The van der Waals surface area contributed by atoms with Crippen LogP contribution in [0, 0.1) is 0 Å². The van der Waals surface area contributed by atoms with Gasteiger partial charge in [-0.15, -0.1) is 0 Å². The summed E-state index contributed by atoms with van der Waals surface area (Å²) in [5, 5.41) is 0. The van der Waals surface area contributed by atoms with Gasteiger partial charge in [0.15, 0.2) is 0 Å². The van der Waals surface area contributed by atoms with Gasteiger partial charge < -0.3 is 9.13 Å². The van der Waals surface area contributed by atoms with E-state index in [1.54, 1.807) is 55.4 Å². The molecule has 0 aromatic carbocycles. The molecular formula is C14H28F5N2Si. The first-order valence-corrected chi connectivity index (χ1v) is 8.94. The molecule has 0 saturated carbocycles. The standard InChI is InChI=1S/C14H28F5N2Si/c1-9(2)20(10(3)4)22(14(18,19)13(15,16)17)21(11(5)6)12(7)8/h9-12H,1-8H3. The highest BCUT2D eigenvalue weighted by Crippen LogP contribution is 2.41. The Labute approximate surface area is 132 Å². The number of nitrogens with zero attached hydrogens (tertiary/aromatic N) is 2. The number of rotatable bonds is 7. The molecule has 0 bridgehead atoms. The van der Waals surface area contributed by atoms with Crippen LogP contribution in [0.1, 0.15) is 55.4 Å². The molecule has 22 heavy (non-hydrogen) atoms. The third-order valence-electron chi connectivity index (χ3n) is 3.35. The second-order valence-electron chi connectivity index (χ2n) is 6.59. The van der Waals surface area contributed by atoms with Crippen molar-refractivity contribution in [1.29, 1.82) is 0 Å². The van der Waals surface area contributed by atoms with Gasteiger partial charge in [-0.2, -0.15) is 22.0 Å². The van der Waals surface area contributed by atoms with E-state index in [-0.39, 0.29) is 0 Å². The maximum Gasteiger partial charge on any atom is 0.452 e. The number of alkyl halides is 5. The molecule has 0 amide bonds. The monoisotopic (exact) mass is 347 g/mol. The number of halogens is 5. The first kappa shape index (κ1) is 21.8. The summed E-state index contributed by atoms with van der Waals surface area (Å²) in [7, 11) is -3.34. The van der Waals surface area contributed by atoms with Crippen molar-refractivity contribution >= 4 is 9.12 Å². The van der Waals surface area contributed by atoms with E-state index in [1.165, 1.54) is 9.13 Å². The summed E-state index contributed by atoms with van der Waals surface area (Å²) in [6.07, 6.45) is -5.55. The predicted molar refractivity (Wildman–Crippen MR) is 81.0 cm³/mol. The van der Waals surface area contributed by atoms with Gasteiger partial charge in [0.1, 0.15) is 0 Å². The summed E-state index contributed by atoms with van der Waals surface area (Å²) in [4.78, 5) is 0. The van der Waals surface area contributed by atoms with Crippen molar-refractivity contribution in [1.82, 2.24) is 9.13 Å². The van der Waals surface area contributed by atoms with Crippen LogP contribution >= 0.6 is 0 Å². The molecule has 0 aliphatic heterocycles. The molecule has 133 valence electrons. The number of hydrogen-bond donors (Lipinski definition) is 0. The van der Waals surface area contributed by atoms with E-state index in [0.717, 1.165) is 0 Å². The second-order valence-corrected chi connectivity index (χ2v) is 8.89. The Morgan fingerprint density at radius 1 is 0.591 bits per heavy atom. The normalized spacial score (nSPS) is 14.7. The molecule has 0 heterocycles. The number of hydrogen-bond acceptors (Lipinski definition) is 2. The summed E-state index contributed by atoms with van der Waals surface area (Å²) in [6, 6.07) is -1.60. The van der Waals surface area contributed by atoms with Crippen LogP contribution in [0.15, 0.2) is 0 Å². The highest BCUT2D eigenvalue weighted by Gasteiger charge is 2.68. The molecule has 0 aliphatic rings. The highest BCUT2D eigenvalue weighted by molar-refractivity contribution is 6.56. The van der Waals surface area contributed by atoms with Crippen LogP contribution in [0.4, 0.5) is 22.0 Å². The first-order chi connectivity index (χ1) is 9.66. The lowest BCUT2D eigenvalue weighted by Gasteiger charge is -2.48. The van der Waals surface area contributed by atoms with E-state index in [4.69, 9.17) is 0 Å². The van der Waals surface area contributed by atoms with E-state index in [1.807, 2.05) is 0 Å². The van der Waals surface area contributed by atoms with E-state index in [9.17, 15) is 22.0 Å². The molecule has 0 spiro atoms. The van der Waals surface area contributed by atoms with Crippen LogP contribution in [0.5, 0.6) is 0 Å². The smallest absolute Gasteiger partial charge is 0.303 e. The summed E-state index contributed by atoms with van der Waals surface area (Å²) >= 11 is 0. The third-order valence-corrected chi connectivity index (χ3v) is 7.24. The Balaban J connectivity index is 6.19. The van der Waals surface area contributed by atoms with Crippen molar-refractivity contribution in [2.75, 3.05) is 0 Å². The molecule has 2 nitrogen and oxygen atoms in total. The van der Waals surface area contributed by atoms with Crippen LogP contribution in [0.25, 0.3) is 0 Å². The van der Waals surface area contributed by atoms with E-state index < -0.39 is 45.0 Å². The Kier molecular flexibility index (Phi) is 7.50. The van der Waals surface area contributed by atoms with Crippen molar-refractivity contribution in [2.24, 2.45) is 0 Å². The van der Waals surface area contributed by atoms with Crippen LogP contribution in [0.3, 0.4) is 0 Å². The van der Waals surface area contributed by atoms with E-state index in [2.05, 4.69) is 0 Å². The molecule has 0 unspecified atom stereocenters. The van der Waals surface area contributed by atoms with Crippen molar-refractivity contribution in [3.63, 3.8) is 0 Å². The molecule has 0 N–H and O–H groups in total. The minimum Gasteiger partial charge on any atom is -0.303 e. The maximum atomic E-state index is 14.4. The molecule has 8 heteroatoms. The molecule has 0 aromatic rings. The summed E-state index contributed by atoms with van der Waals surface area (Å²) in [5.41, 5.74) is -4.72. The average Bonchev–Trinajstić information content (AvgIpc) is 2.23. The zero-order chi connectivity index (χ0) is 18.0. The Morgan fingerprint density at radius 3 is 0.955 bits per heavy atom. The van der Waals surface area contributed by atoms with Crippen LogP contribution < -0.4 is 0 Å². The topological polar surface area (TPSA) is 6.48 Å². The van der Waals surface area contributed by atoms with Gasteiger partial charge in [-0.05, 0) is 24.2 Å². The van der Waals surface area contributed by atoms with Crippen molar-refractivity contribution in [3.05, 3.63) is 0 Å².